The van der Waals surface area contributed by atoms with Crippen molar-refractivity contribution in [2.75, 3.05) is 0 Å². The second-order valence-electron chi connectivity index (χ2n) is 6.58. The molecule has 0 aliphatic rings. The normalized spacial score (nSPS) is 11.9. The molecule has 0 fully saturated rings. The smallest absolute Gasteiger partial charge is 0.287 e. The number of H-pyrrole nitrogens is 1. The van der Waals surface area contributed by atoms with Gasteiger partial charge >= 0.3 is 0 Å². The Hall–Kier alpha value is -4.27. The number of furan rings is 1. The van der Waals surface area contributed by atoms with E-state index in [0.717, 1.165) is 5.39 Å². The summed E-state index contributed by atoms with van der Waals surface area (Å²) in [4.78, 5) is 41.1. The van der Waals surface area contributed by atoms with Gasteiger partial charge in [-0.05, 0) is 18.2 Å². The van der Waals surface area contributed by atoms with Crippen molar-refractivity contribution in [1.82, 2.24) is 20.5 Å². The van der Waals surface area contributed by atoms with Gasteiger partial charge in [0.2, 0.25) is 5.78 Å². The van der Waals surface area contributed by atoms with E-state index in [1.165, 1.54) is 12.5 Å². The number of nitrogens with two attached hydrogens (primary N) is 1. The van der Waals surface area contributed by atoms with Gasteiger partial charge in [-0.3, -0.25) is 24.5 Å². The van der Waals surface area contributed by atoms with E-state index in [0.29, 0.717) is 22.5 Å². The average molecular weight is 403 g/mol. The Balaban J connectivity index is 1.62. The maximum Gasteiger partial charge on any atom is 0.287 e. The number of hydrogen-bond acceptors (Lipinski definition) is 6. The van der Waals surface area contributed by atoms with Crippen LogP contribution >= 0.6 is 0 Å². The van der Waals surface area contributed by atoms with Gasteiger partial charge in [0.1, 0.15) is 17.3 Å². The number of para-hydroxylation sites is 1. The van der Waals surface area contributed by atoms with Crippen LogP contribution in [0.15, 0.2) is 65.5 Å². The molecule has 0 spiro atoms. The molecule has 4 aromatic rings. The standard InChI is InChI=1S/C21H17N5O4/c22-20(28)19(27)16(9-12-11-30-17-7-2-1-5-13(12)17)25-21(29)14-10-24-26-18(14)15-6-3-4-8-23-15/h1-8,10-11,16H,9H2,(H2,22,28)(H,24,26)(H,25,29). The summed E-state index contributed by atoms with van der Waals surface area (Å²) in [6, 6.07) is 11.3. The van der Waals surface area contributed by atoms with Crippen molar-refractivity contribution in [2.45, 2.75) is 12.5 Å². The molecule has 3 heterocycles. The van der Waals surface area contributed by atoms with Gasteiger partial charge in [-0.2, -0.15) is 5.10 Å². The van der Waals surface area contributed by atoms with E-state index in [4.69, 9.17) is 10.2 Å². The van der Waals surface area contributed by atoms with Gasteiger partial charge in [-0.1, -0.05) is 24.3 Å². The Labute approximate surface area is 170 Å². The van der Waals surface area contributed by atoms with Crippen LogP contribution in [0.2, 0.25) is 0 Å². The van der Waals surface area contributed by atoms with Crippen LogP contribution < -0.4 is 11.1 Å². The summed E-state index contributed by atoms with van der Waals surface area (Å²) in [7, 11) is 0. The number of pyridine rings is 1. The number of ketones is 1. The van der Waals surface area contributed by atoms with Gasteiger partial charge in [0.05, 0.1) is 17.5 Å². The third-order valence-corrected chi connectivity index (χ3v) is 4.64. The molecule has 9 nitrogen and oxygen atoms in total. The second kappa shape index (κ2) is 8.00. The molecule has 0 aliphatic heterocycles. The van der Waals surface area contributed by atoms with Crippen molar-refractivity contribution < 1.29 is 18.8 Å². The molecule has 1 atom stereocenters. The second-order valence-corrected chi connectivity index (χ2v) is 6.58. The van der Waals surface area contributed by atoms with Crippen molar-refractivity contribution >= 4 is 28.6 Å². The Bertz CT molecular complexity index is 1230. The zero-order chi connectivity index (χ0) is 21.1. The lowest BCUT2D eigenvalue weighted by molar-refractivity contribution is -0.137. The highest BCUT2D eigenvalue weighted by Crippen LogP contribution is 2.23. The molecule has 0 radical (unpaired) electrons. The van der Waals surface area contributed by atoms with Crippen LogP contribution in [0, 0.1) is 0 Å². The first-order chi connectivity index (χ1) is 14.5. The first-order valence-corrected chi connectivity index (χ1v) is 9.09. The zero-order valence-corrected chi connectivity index (χ0v) is 15.7. The quantitative estimate of drug-likeness (QED) is 0.400. The number of fused-ring (bicyclic) bond motifs is 1. The molecule has 1 aromatic carbocycles. The number of nitrogens with zero attached hydrogens (tertiary/aromatic N) is 2. The monoisotopic (exact) mass is 403 g/mol. The molecule has 3 aromatic heterocycles. The number of rotatable bonds is 7. The minimum absolute atomic E-state index is 0.0430. The van der Waals surface area contributed by atoms with Crippen LogP contribution in [0.5, 0.6) is 0 Å². The van der Waals surface area contributed by atoms with Gasteiger partial charge in [0.25, 0.3) is 11.8 Å². The number of aromatic nitrogens is 3. The van der Waals surface area contributed by atoms with E-state index >= 15 is 0 Å². The SMILES string of the molecule is NC(=O)C(=O)C(Cc1coc2ccccc12)NC(=O)c1c[nH]nc1-c1ccccn1. The predicted molar refractivity (Wildman–Crippen MR) is 107 cm³/mol. The van der Waals surface area contributed by atoms with Crippen LogP contribution in [0.1, 0.15) is 15.9 Å². The molecule has 4 N–H and O–H groups in total. The number of nitrogens with one attached hydrogen (secondary N) is 2. The van der Waals surface area contributed by atoms with Gasteiger partial charge in [-0.25, -0.2) is 0 Å². The Morgan fingerprint density at radius 1 is 1.13 bits per heavy atom. The van der Waals surface area contributed by atoms with Crippen molar-refractivity contribution in [3.8, 4) is 11.4 Å². The Kier molecular flexibility index (Phi) is 5.08. The number of aromatic amines is 1. The number of amides is 2. The number of carbonyl (C=O) groups excluding carboxylic acids is 3. The maximum absolute atomic E-state index is 12.9. The van der Waals surface area contributed by atoms with E-state index in [2.05, 4.69) is 20.5 Å². The predicted octanol–water partition coefficient (Wildman–Crippen LogP) is 1.61. The number of primary amides is 1. The molecule has 150 valence electrons. The van der Waals surface area contributed by atoms with Crippen LogP contribution in [0.25, 0.3) is 22.4 Å². The lowest BCUT2D eigenvalue weighted by atomic mass is 10.0. The minimum Gasteiger partial charge on any atom is -0.464 e. The van der Waals surface area contributed by atoms with E-state index in [-0.39, 0.29) is 12.0 Å². The fourth-order valence-corrected chi connectivity index (χ4v) is 3.19. The Morgan fingerprint density at radius 3 is 2.70 bits per heavy atom. The Morgan fingerprint density at radius 2 is 1.93 bits per heavy atom. The summed E-state index contributed by atoms with van der Waals surface area (Å²) in [5.41, 5.74) is 7.51. The lowest BCUT2D eigenvalue weighted by Crippen LogP contribution is -2.47. The summed E-state index contributed by atoms with van der Waals surface area (Å²) < 4.78 is 5.48. The number of carbonyl (C=O) groups is 3. The van der Waals surface area contributed by atoms with Crippen molar-refractivity contribution in [1.29, 1.82) is 0 Å². The highest BCUT2D eigenvalue weighted by Gasteiger charge is 2.28. The summed E-state index contributed by atoms with van der Waals surface area (Å²) in [5.74, 6) is -2.63. The molecule has 30 heavy (non-hydrogen) atoms. The highest BCUT2D eigenvalue weighted by molar-refractivity contribution is 6.38. The summed E-state index contributed by atoms with van der Waals surface area (Å²) in [6.45, 7) is 0. The molecule has 1 unspecified atom stereocenters. The molecule has 0 saturated carbocycles. The van der Waals surface area contributed by atoms with Crippen molar-refractivity contribution in [2.24, 2.45) is 5.73 Å². The van der Waals surface area contributed by atoms with Gasteiger partial charge in [0.15, 0.2) is 0 Å². The first-order valence-electron chi connectivity index (χ1n) is 9.09. The highest BCUT2D eigenvalue weighted by atomic mass is 16.3. The molecular weight excluding hydrogens is 386 g/mol. The molecule has 0 bridgehead atoms. The number of benzene rings is 1. The van der Waals surface area contributed by atoms with Crippen LogP contribution in [0.4, 0.5) is 0 Å². The summed E-state index contributed by atoms with van der Waals surface area (Å²) >= 11 is 0. The van der Waals surface area contributed by atoms with Gasteiger partial charge < -0.3 is 15.5 Å². The third-order valence-electron chi connectivity index (χ3n) is 4.64. The topological polar surface area (TPSA) is 144 Å². The number of Topliss-reactive ketones (excluding diaryl/α,β-unsaturated/α-hetero) is 1. The van der Waals surface area contributed by atoms with Gasteiger partial charge in [0, 0.05) is 29.8 Å². The van der Waals surface area contributed by atoms with Gasteiger partial charge in [-0.15, -0.1) is 0 Å². The zero-order valence-electron chi connectivity index (χ0n) is 15.7. The van der Waals surface area contributed by atoms with Crippen LogP contribution in [-0.2, 0) is 16.0 Å². The average Bonchev–Trinajstić information content (AvgIpc) is 3.41. The lowest BCUT2D eigenvalue weighted by Gasteiger charge is -2.15. The van der Waals surface area contributed by atoms with Crippen LogP contribution in [-0.4, -0.2) is 38.8 Å². The molecular formula is C21H17N5O4. The molecule has 0 aliphatic carbocycles. The largest absolute Gasteiger partial charge is 0.464 e. The van der Waals surface area contributed by atoms with E-state index in [1.807, 2.05) is 18.2 Å². The summed E-state index contributed by atoms with van der Waals surface area (Å²) in [5, 5.41) is 10.1. The fourth-order valence-electron chi connectivity index (χ4n) is 3.19. The van der Waals surface area contributed by atoms with Crippen molar-refractivity contribution in [3.63, 3.8) is 0 Å². The molecule has 4 rings (SSSR count). The fraction of sp³-hybridized carbons (Fsp3) is 0.0952. The van der Waals surface area contributed by atoms with Crippen molar-refractivity contribution in [3.05, 3.63) is 72.2 Å². The molecule has 2 amide bonds. The number of hydrogen-bond donors (Lipinski definition) is 3. The summed E-state index contributed by atoms with van der Waals surface area (Å²) in [6.07, 6.45) is 4.52. The third kappa shape index (κ3) is 3.68. The van der Waals surface area contributed by atoms with Crippen LogP contribution in [0.3, 0.4) is 0 Å². The molecule has 9 heteroatoms. The minimum atomic E-state index is -1.16. The van der Waals surface area contributed by atoms with E-state index in [9.17, 15) is 14.4 Å². The van der Waals surface area contributed by atoms with E-state index < -0.39 is 23.6 Å². The van der Waals surface area contributed by atoms with E-state index in [1.54, 1.807) is 30.5 Å². The first kappa shape index (κ1) is 19.1. The maximum atomic E-state index is 12.9. The molecule has 0 saturated heterocycles.